The van der Waals surface area contributed by atoms with Crippen molar-refractivity contribution >= 4 is 28.9 Å². The highest BCUT2D eigenvalue weighted by Gasteiger charge is 2.13. The maximum Gasteiger partial charge on any atom is 0.187 e. The van der Waals surface area contributed by atoms with Gasteiger partial charge in [-0.25, -0.2) is 4.39 Å². The van der Waals surface area contributed by atoms with Crippen LogP contribution in [-0.2, 0) is 0 Å². The largest absolute Gasteiger partial charge is 0.398 e. The molecule has 3 aromatic rings. The molecular formula is C13H8Cl2FN5. The first kappa shape index (κ1) is 13.8. The fourth-order valence-corrected chi connectivity index (χ4v) is 2.12. The second kappa shape index (κ2) is 5.31. The van der Waals surface area contributed by atoms with Crippen LogP contribution in [0, 0.1) is 5.82 Å². The van der Waals surface area contributed by atoms with E-state index >= 15 is 0 Å². The van der Waals surface area contributed by atoms with Crippen molar-refractivity contribution < 1.29 is 4.39 Å². The Balaban J connectivity index is 2.12. The molecule has 0 fully saturated rings. The number of hydrogen-bond acceptors (Lipinski definition) is 4. The predicted molar refractivity (Wildman–Crippen MR) is 79.0 cm³/mol. The zero-order chi connectivity index (χ0) is 15.0. The number of benzene rings is 2. The van der Waals surface area contributed by atoms with Gasteiger partial charge in [-0.15, -0.1) is 5.10 Å². The van der Waals surface area contributed by atoms with E-state index < -0.39 is 5.82 Å². The van der Waals surface area contributed by atoms with Crippen LogP contribution in [-0.4, -0.2) is 20.2 Å². The first-order chi connectivity index (χ1) is 10.1. The average molecular weight is 324 g/mol. The summed E-state index contributed by atoms with van der Waals surface area (Å²) in [6, 6.07) is 9.33. The van der Waals surface area contributed by atoms with E-state index in [0.29, 0.717) is 27.8 Å². The molecule has 1 aromatic heterocycles. The quantitative estimate of drug-likeness (QED) is 0.734. The fraction of sp³-hybridized carbons (Fsp3) is 0. The molecule has 0 aliphatic heterocycles. The highest BCUT2D eigenvalue weighted by atomic mass is 35.5. The van der Waals surface area contributed by atoms with E-state index in [-0.39, 0.29) is 5.02 Å². The highest BCUT2D eigenvalue weighted by molar-refractivity contribution is 6.33. The number of nitrogens with two attached hydrogens (primary N) is 1. The van der Waals surface area contributed by atoms with Gasteiger partial charge in [0.15, 0.2) is 5.82 Å². The van der Waals surface area contributed by atoms with Crippen LogP contribution in [0.1, 0.15) is 0 Å². The third-order valence-corrected chi connectivity index (χ3v) is 3.51. The number of aromatic nitrogens is 4. The molecule has 0 saturated carbocycles. The topological polar surface area (TPSA) is 69.6 Å². The zero-order valence-electron chi connectivity index (χ0n) is 10.5. The van der Waals surface area contributed by atoms with Crippen molar-refractivity contribution in [3.05, 3.63) is 52.3 Å². The van der Waals surface area contributed by atoms with Gasteiger partial charge in [-0.1, -0.05) is 23.2 Å². The van der Waals surface area contributed by atoms with Crippen LogP contribution in [0.4, 0.5) is 10.1 Å². The van der Waals surface area contributed by atoms with Gasteiger partial charge in [-0.2, -0.15) is 4.68 Å². The Morgan fingerprint density at radius 1 is 1.05 bits per heavy atom. The van der Waals surface area contributed by atoms with E-state index in [4.69, 9.17) is 28.9 Å². The van der Waals surface area contributed by atoms with Gasteiger partial charge in [-0.3, -0.25) is 0 Å². The second-order valence-electron chi connectivity index (χ2n) is 4.25. The normalized spacial score (nSPS) is 10.8. The summed E-state index contributed by atoms with van der Waals surface area (Å²) in [4.78, 5) is 0. The summed E-state index contributed by atoms with van der Waals surface area (Å²) in [6.07, 6.45) is 0. The van der Waals surface area contributed by atoms with Crippen molar-refractivity contribution in [2.24, 2.45) is 0 Å². The van der Waals surface area contributed by atoms with Crippen LogP contribution in [0.5, 0.6) is 0 Å². The zero-order valence-corrected chi connectivity index (χ0v) is 12.0. The standard InChI is InChI=1S/C13H8Cl2FN5/c14-9-3-2-8(6-11(9)16)21-13(18-19-20-21)7-1-4-12(17)10(15)5-7/h1-6H,17H2. The molecule has 106 valence electrons. The summed E-state index contributed by atoms with van der Waals surface area (Å²) in [5.41, 5.74) is 7.24. The SMILES string of the molecule is Nc1ccc(-c2nnnn2-c2ccc(Cl)c(F)c2)cc1Cl. The molecule has 0 unspecified atom stereocenters. The Labute approximate surface area is 129 Å². The maximum atomic E-state index is 13.6. The van der Waals surface area contributed by atoms with E-state index in [2.05, 4.69) is 15.5 Å². The third kappa shape index (κ3) is 2.55. The minimum Gasteiger partial charge on any atom is -0.398 e. The molecule has 21 heavy (non-hydrogen) atoms. The van der Waals surface area contributed by atoms with Crippen molar-refractivity contribution in [1.29, 1.82) is 0 Å². The van der Waals surface area contributed by atoms with E-state index in [9.17, 15) is 4.39 Å². The summed E-state index contributed by atoms with van der Waals surface area (Å²) < 4.78 is 15.0. The summed E-state index contributed by atoms with van der Waals surface area (Å²) in [5, 5.41) is 11.8. The van der Waals surface area contributed by atoms with Crippen molar-refractivity contribution in [2.75, 3.05) is 5.73 Å². The number of hydrogen-bond donors (Lipinski definition) is 1. The molecular weight excluding hydrogens is 316 g/mol. The Morgan fingerprint density at radius 2 is 1.86 bits per heavy atom. The van der Waals surface area contributed by atoms with Crippen LogP contribution in [0.3, 0.4) is 0 Å². The van der Waals surface area contributed by atoms with Gasteiger partial charge in [0.1, 0.15) is 5.82 Å². The van der Waals surface area contributed by atoms with Crippen LogP contribution in [0.2, 0.25) is 10.0 Å². The number of rotatable bonds is 2. The molecule has 0 saturated heterocycles. The summed E-state index contributed by atoms with van der Waals surface area (Å²) in [6.45, 7) is 0. The van der Waals surface area contributed by atoms with Crippen LogP contribution < -0.4 is 5.73 Å². The molecule has 3 rings (SSSR count). The molecule has 2 N–H and O–H groups in total. The second-order valence-corrected chi connectivity index (χ2v) is 5.06. The van der Waals surface area contributed by atoms with E-state index in [1.807, 2.05) is 0 Å². The average Bonchev–Trinajstić information content (AvgIpc) is 2.94. The number of halogens is 3. The molecule has 0 aliphatic rings. The predicted octanol–water partition coefficient (Wildman–Crippen LogP) is 3.36. The van der Waals surface area contributed by atoms with Crippen molar-refractivity contribution in [2.45, 2.75) is 0 Å². The van der Waals surface area contributed by atoms with Gasteiger partial charge in [0.2, 0.25) is 0 Å². The van der Waals surface area contributed by atoms with E-state index in [0.717, 1.165) is 0 Å². The lowest BCUT2D eigenvalue weighted by molar-refractivity contribution is 0.625. The van der Waals surface area contributed by atoms with Crippen molar-refractivity contribution in [3.63, 3.8) is 0 Å². The molecule has 0 radical (unpaired) electrons. The highest BCUT2D eigenvalue weighted by Crippen LogP contribution is 2.27. The first-order valence-electron chi connectivity index (χ1n) is 5.85. The van der Waals surface area contributed by atoms with Crippen LogP contribution in [0.25, 0.3) is 17.1 Å². The molecule has 8 heteroatoms. The fourth-order valence-electron chi connectivity index (χ4n) is 1.82. The van der Waals surface area contributed by atoms with E-state index in [1.54, 1.807) is 24.3 Å². The van der Waals surface area contributed by atoms with Gasteiger partial charge in [0.25, 0.3) is 0 Å². The van der Waals surface area contributed by atoms with Gasteiger partial charge in [0.05, 0.1) is 21.4 Å². The van der Waals surface area contributed by atoms with Crippen molar-refractivity contribution in [1.82, 2.24) is 20.2 Å². The molecule has 0 spiro atoms. The lowest BCUT2D eigenvalue weighted by atomic mass is 10.2. The number of anilines is 1. The summed E-state index contributed by atoms with van der Waals surface area (Å²) in [5.74, 6) is -0.135. The minimum atomic E-state index is -0.550. The Bertz CT molecular complexity index is 752. The summed E-state index contributed by atoms with van der Waals surface area (Å²) >= 11 is 11.7. The number of nitrogen functional groups attached to an aromatic ring is 1. The maximum absolute atomic E-state index is 13.6. The Morgan fingerprint density at radius 3 is 2.57 bits per heavy atom. The molecule has 0 bridgehead atoms. The third-order valence-electron chi connectivity index (χ3n) is 2.88. The van der Waals surface area contributed by atoms with Crippen molar-refractivity contribution in [3.8, 4) is 17.1 Å². The molecule has 2 aromatic carbocycles. The molecule has 1 heterocycles. The monoisotopic (exact) mass is 323 g/mol. The smallest absolute Gasteiger partial charge is 0.187 e. The molecule has 0 atom stereocenters. The Kier molecular flexibility index (Phi) is 3.48. The minimum absolute atomic E-state index is 0.0314. The molecule has 0 aliphatic carbocycles. The number of nitrogens with zero attached hydrogens (tertiary/aromatic N) is 4. The van der Waals surface area contributed by atoms with E-state index in [1.165, 1.54) is 16.8 Å². The first-order valence-corrected chi connectivity index (χ1v) is 6.61. The lowest BCUT2D eigenvalue weighted by Gasteiger charge is -2.06. The van der Waals surface area contributed by atoms with Gasteiger partial charge in [-0.05, 0) is 40.8 Å². The number of tetrazole rings is 1. The molecule has 0 amide bonds. The van der Waals surface area contributed by atoms with Crippen LogP contribution in [0.15, 0.2) is 36.4 Å². The lowest BCUT2D eigenvalue weighted by Crippen LogP contribution is -2.01. The van der Waals surface area contributed by atoms with Crippen LogP contribution >= 0.6 is 23.2 Å². The molecule has 5 nitrogen and oxygen atoms in total. The van der Waals surface area contributed by atoms with Gasteiger partial charge < -0.3 is 5.73 Å². The summed E-state index contributed by atoms with van der Waals surface area (Å²) in [7, 11) is 0. The van der Waals surface area contributed by atoms with Gasteiger partial charge >= 0.3 is 0 Å². The Hall–Kier alpha value is -2.18. The van der Waals surface area contributed by atoms with Gasteiger partial charge in [0, 0.05) is 11.6 Å².